The van der Waals surface area contributed by atoms with Gasteiger partial charge in [0.05, 0.1) is 29.4 Å². The molecule has 2 fully saturated rings. The molecule has 0 spiro atoms. The van der Waals surface area contributed by atoms with Crippen molar-refractivity contribution in [1.29, 1.82) is 5.26 Å². The molecule has 0 bridgehead atoms. The van der Waals surface area contributed by atoms with Crippen molar-refractivity contribution in [3.8, 4) is 6.07 Å². The molecule has 0 aromatic carbocycles. The second-order valence-electron chi connectivity index (χ2n) is 5.72. The summed E-state index contributed by atoms with van der Waals surface area (Å²) < 4.78 is 50.1. The number of likely N-dealkylation sites (tertiary alicyclic amines) is 1. The third-order valence-electron chi connectivity index (χ3n) is 4.15. The van der Waals surface area contributed by atoms with Gasteiger partial charge in [0, 0.05) is 19.1 Å². The maximum absolute atomic E-state index is 12.3. The van der Waals surface area contributed by atoms with Crippen molar-refractivity contribution in [1.82, 2.24) is 9.62 Å². The van der Waals surface area contributed by atoms with Crippen molar-refractivity contribution in [2.75, 3.05) is 31.1 Å². The minimum atomic E-state index is -3.46. The lowest BCUT2D eigenvalue weighted by atomic mass is 10.1. The van der Waals surface area contributed by atoms with Crippen LogP contribution in [-0.2, 0) is 19.9 Å². The third-order valence-corrected chi connectivity index (χ3v) is 7.88. The Labute approximate surface area is 126 Å². The fourth-order valence-electron chi connectivity index (χ4n) is 2.82. The molecular weight excluding hydrogens is 314 g/mol. The first-order chi connectivity index (χ1) is 9.82. The first kappa shape index (κ1) is 16.7. The number of nitrogens with one attached hydrogen (secondary N) is 1. The molecule has 2 rings (SSSR count). The topological polar surface area (TPSA) is 107 Å². The summed E-state index contributed by atoms with van der Waals surface area (Å²) in [5, 5.41) is 8.03. The maximum Gasteiger partial charge on any atom is 0.214 e. The van der Waals surface area contributed by atoms with E-state index in [1.54, 1.807) is 0 Å². The number of hydrogen-bond acceptors (Lipinski definition) is 6. The summed E-state index contributed by atoms with van der Waals surface area (Å²) in [7, 11) is -6.51. The lowest BCUT2D eigenvalue weighted by Crippen LogP contribution is -2.48. The van der Waals surface area contributed by atoms with Crippen LogP contribution in [0.3, 0.4) is 0 Å². The van der Waals surface area contributed by atoms with Gasteiger partial charge < -0.3 is 0 Å². The van der Waals surface area contributed by atoms with E-state index in [2.05, 4.69) is 10.8 Å². The molecule has 21 heavy (non-hydrogen) atoms. The molecule has 2 aliphatic rings. The highest BCUT2D eigenvalue weighted by molar-refractivity contribution is 7.92. The van der Waals surface area contributed by atoms with Crippen molar-refractivity contribution >= 4 is 19.9 Å². The normalized spacial score (nSPS) is 25.5. The number of rotatable bonds is 4. The van der Waals surface area contributed by atoms with E-state index in [1.165, 1.54) is 0 Å². The molecule has 0 aromatic rings. The van der Waals surface area contributed by atoms with E-state index in [1.807, 2.05) is 4.90 Å². The van der Waals surface area contributed by atoms with Crippen molar-refractivity contribution in [2.24, 2.45) is 0 Å². The Hall–Kier alpha value is -0.690. The van der Waals surface area contributed by atoms with Gasteiger partial charge in [0.25, 0.3) is 0 Å². The Balaban J connectivity index is 1.87. The Kier molecular flexibility index (Phi) is 5.24. The number of sulfone groups is 1. The van der Waals surface area contributed by atoms with Gasteiger partial charge in [-0.2, -0.15) is 5.26 Å². The fourth-order valence-corrected chi connectivity index (χ4v) is 6.36. The summed E-state index contributed by atoms with van der Waals surface area (Å²) in [6.45, 7) is 1.79. The van der Waals surface area contributed by atoms with Gasteiger partial charge in [-0.3, -0.25) is 4.90 Å². The SMILES string of the molecule is N#CCN1CCC(NS(=O)(=O)C2CCS(=O)(=O)CC2)CC1. The average Bonchev–Trinajstić information content (AvgIpc) is 2.40. The smallest absolute Gasteiger partial charge is 0.214 e. The van der Waals surface area contributed by atoms with Crippen LogP contribution in [-0.4, -0.2) is 64.2 Å². The predicted molar refractivity (Wildman–Crippen MR) is 78.8 cm³/mol. The van der Waals surface area contributed by atoms with Crippen LogP contribution >= 0.6 is 0 Å². The molecule has 0 atom stereocenters. The average molecular weight is 335 g/mol. The predicted octanol–water partition coefficient (Wildman–Crippen LogP) is -0.529. The highest BCUT2D eigenvalue weighted by atomic mass is 32.2. The van der Waals surface area contributed by atoms with Gasteiger partial charge in [-0.15, -0.1) is 0 Å². The van der Waals surface area contributed by atoms with Crippen LogP contribution in [0.1, 0.15) is 25.7 Å². The Morgan fingerprint density at radius 2 is 1.71 bits per heavy atom. The van der Waals surface area contributed by atoms with Gasteiger partial charge in [-0.05, 0) is 25.7 Å². The van der Waals surface area contributed by atoms with Gasteiger partial charge in [-0.25, -0.2) is 21.6 Å². The van der Waals surface area contributed by atoms with Crippen LogP contribution in [0.15, 0.2) is 0 Å². The molecule has 120 valence electrons. The van der Waals surface area contributed by atoms with Crippen LogP contribution in [0.5, 0.6) is 0 Å². The van der Waals surface area contributed by atoms with E-state index >= 15 is 0 Å². The molecule has 2 heterocycles. The summed E-state index contributed by atoms with van der Waals surface area (Å²) in [6.07, 6.45) is 1.74. The molecule has 0 saturated carbocycles. The lowest BCUT2D eigenvalue weighted by Gasteiger charge is -2.32. The Morgan fingerprint density at radius 3 is 2.24 bits per heavy atom. The van der Waals surface area contributed by atoms with Gasteiger partial charge in [-0.1, -0.05) is 0 Å². The van der Waals surface area contributed by atoms with Crippen LogP contribution < -0.4 is 4.72 Å². The van der Waals surface area contributed by atoms with Crippen molar-refractivity contribution in [2.45, 2.75) is 37.0 Å². The fraction of sp³-hybridized carbons (Fsp3) is 0.917. The minimum absolute atomic E-state index is 0.0425. The summed E-state index contributed by atoms with van der Waals surface area (Å²) in [6, 6.07) is 1.98. The first-order valence-electron chi connectivity index (χ1n) is 7.13. The highest BCUT2D eigenvalue weighted by Crippen LogP contribution is 2.20. The highest BCUT2D eigenvalue weighted by Gasteiger charge is 2.34. The standard InChI is InChI=1S/C12H21N3O4S2/c13-5-8-15-6-1-11(2-7-15)14-21(18,19)12-3-9-20(16,17)10-4-12/h11-12,14H,1-4,6-10H2. The Bertz CT molecular complexity index is 587. The Morgan fingerprint density at radius 1 is 1.14 bits per heavy atom. The zero-order valence-corrected chi connectivity index (χ0v) is 13.5. The van der Waals surface area contributed by atoms with E-state index in [0.29, 0.717) is 32.5 Å². The molecule has 0 radical (unpaired) electrons. The summed E-state index contributed by atoms with van der Waals surface area (Å²) in [5.74, 6) is -0.0849. The molecule has 0 aliphatic carbocycles. The maximum atomic E-state index is 12.3. The molecule has 2 saturated heterocycles. The van der Waals surface area contributed by atoms with Crippen LogP contribution in [0.2, 0.25) is 0 Å². The van der Waals surface area contributed by atoms with Crippen LogP contribution in [0.4, 0.5) is 0 Å². The number of hydrogen-bond donors (Lipinski definition) is 1. The zero-order valence-electron chi connectivity index (χ0n) is 11.9. The summed E-state index contributed by atoms with van der Waals surface area (Å²) in [4.78, 5) is 2.00. The van der Waals surface area contributed by atoms with Crippen molar-refractivity contribution < 1.29 is 16.8 Å². The molecule has 0 unspecified atom stereocenters. The lowest BCUT2D eigenvalue weighted by molar-refractivity contribution is 0.228. The first-order valence-corrected chi connectivity index (χ1v) is 10.5. The van der Waals surface area contributed by atoms with E-state index in [4.69, 9.17) is 5.26 Å². The van der Waals surface area contributed by atoms with Crippen LogP contribution in [0, 0.1) is 11.3 Å². The van der Waals surface area contributed by atoms with Gasteiger partial charge in [0.1, 0.15) is 9.84 Å². The van der Waals surface area contributed by atoms with E-state index in [-0.39, 0.29) is 30.4 Å². The van der Waals surface area contributed by atoms with E-state index in [0.717, 1.165) is 0 Å². The van der Waals surface area contributed by atoms with Gasteiger partial charge in [0.2, 0.25) is 10.0 Å². The monoisotopic (exact) mass is 335 g/mol. The largest absolute Gasteiger partial charge is 0.290 e. The summed E-state index contributed by atoms with van der Waals surface area (Å²) >= 11 is 0. The second kappa shape index (κ2) is 6.60. The van der Waals surface area contributed by atoms with E-state index in [9.17, 15) is 16.8 Å². The quantitative estimate of drug-likeness (QED) is 0.692. The molecule has 9 heteroatoms. The number of nitrogens with zero attached hydrogens (tertiary/aromatic N) is 2. The molecule has 0 aromatic heterocycles. The number of sulfonamides is 1. The third kappa shape index (κ3) is 4.64. The number of piperidine rings is 1. The molecule has 7 nitrogen and oxygen atoms in total. The van der Waals surface area contributed by atoms with Gasteiger partial charge in [0.15, 0.2) is 0 Å². The molecular formula is C12H21N3O4S2. The van der Waals surface area contributed by atoms with Crippen LogP contribution in [0.25, 0.3) is 0 Å². The van der Waals surface area contributed by atoms with Crippen molar-refractivity contribution in [3.63, 3.8) is 0 Å². The molecule has 1 N–H and O–H groups in total. The number of nitriles is 1. The van der Waals surface area contributed by atoms with Gasteiger partial charge >= 0.3 is 0 Å². The molecule has 0 amide bonds. The second-order valence-corrected chi connectivity index (χ2v) is 10.0. The zero-order chi connectivity index (χ0) is 15.5. The summed E-state index contributed by atoms with van der Waals surface area (Å²) in [5.41, 5.74) is 0. The van der Waals surface area contributed by atoms with E-state index < -0.39 is 25.1 Å². The minimum Gasteiger partial charge on any atom is -0.290 e. The van der Waals surface area contributed by atoms with Crippen molar-refractivity contribution in [3.05, 3.63) is 0 Å². The molecule has 2 aliphatic heterocycles.